The topological polar surface area (TPSA) is 53.1 Å². The summed E-state index contributed by atoms with van der Waals surface area (Å²) in [6.07, 6.45) is 1.25. The zero-order valence-corrected chi connectivity index (χ0v) is 11.6. The third-order valence-corrected chi connectivity index (χ3v) is 4.72. The molecule has 4 heteroatoms. The van der Waals surface area contributed by atoms with Crippen molar-refractivity contribution >= 4 is 17.6 Å². The SMILES string of the molecule is CN(CC(C(=N)N)c1ccccc1)C1CCSC1. The predicted octanol–water partition coefficient (Wildman–Crippen LogP) is 2.14. The van der Waals surface area contributed by atoms with Crippen LogP contribution in [-0.2, 0) is 0 Å². The van der Waals surface area contributed by atoms with Crippen molar-refractivity contribution in [3.63, 3.8) is 0 Å². The number of nitrogens with zero attached hydrogens (tertiary/aromatic N) is 1. The van der Waals surface area contributed by atoms with Gasteiger partial charge in [-0.1, -0.05) is 30.3 Å². The highest BCUT2D eigenvalue weighted by atomic mass is 32.2. The Hall–Kier alpha value is -1.00. The third kappa shape index (κ3) is 3.27. The predicted molar refractivity (Wildman–Crippen MR) is 79.5 cm³/mol. The van der Waals surface area contributed by atoms with Crippen molar-refractivity contribution in [1.29, 1.82) is 5.41 Å². The van der Waals surface area contributed by atoms with E-state index in [0.29, 0.717) is 6.04 Å². The summed E-state index contributed by atoms with van der Waals surface area (Å²) in [7, 11) is 2.15. The van der Waals surface area contributed by atoms with Crippen LogP contribution in [0.15, 0.2) is 30.3 Å². The fourth-order valence-electron chi connectivity index (χ4n) is 2.38. The first-order valence-electron chi connectivity index (χ1n) is 6.35. The maximum atomic E-state index is 7.80. The van der Waals surface area contributed by atoms with Gasteiger partial charge in [0.2, 0.25) is 0 Å². The zero-order chi connectivity index (χ0) is 13.0. The van der Waals surface area contributed by atoms with Gasteiger partial charge in [-0.25, -0.2) is 0 Å². The number of nitrogens with two attached hydrogens (primary N) is 1. The minimum Gasteiger partial charge on any atom is -0.387 e. The van der Waals surface area contributed by atoms with Gasteiger partial charge in [0.25, 0.3) is 0 Å². The van der Waals surface area contributed by atoms with Crippen LogP contribution in [-0.4, -0.2) is 41.9 Å². The summed E-state index contributed by atoms with van der Waals surface area (Å²) in [6.45, 7) is 0.838. The van der Waals surface area contributed by atoms with E-state index in [1.54, 1.807) is 0 Å². The monoisotopic (exact) mass is 263 g/mol. The Morgan fingerprint density at radius 2 is 2.22 bits per heavy atom. The molecule has 0 radical (unpaired) electrons. The number of hydrogen-bond donors (Lipinski definition) is 2. The molecule has 0 amide bonds. The second-order valence-electron chi connectivity index (χ2n) is 4.88. The molecule has 0 spiro atoms. The number of nitrogens with one attached hydrogen (secondary N) is 1. The second-order valence-corrected chi connectivity index (χ2v) is 6.03. The van der Waals surface area contributed by atoms with Crippen molar-refractivity contribution in [2.75, 3.05) is 25.1 Å². The van der Waals surface area contributed by atoms with Gasteiger partial charge in [-0.05, 0) is 24.8 Å². The van der Waals surface area contributed by atoms with Gasteiger partial charge < -0.3 is 10.6 Å². The summed E-state index contributed by atoms with van der Waals surface area (Å²) in [5.41, 5.74) is 6.91. The highest BCUT2D eigenvalue weighted by Crippen LogP contribution is 2.24. The van der Waals surface area contributed by atoms with E-state index >= 15 is 0 Å². The van der Waals surface area contributed by atoms with Gasteiger partial charge in [0.1, 0.15) is 0 Å². The van der Waals surface area contributed by atoms with E-state index in [1.165, 1.54) is 17.9 Å². The average molecular weight is 263 g/mol. The lowest BCUT2D eigenvalue weighted by molar-refractivity contribution is 0.259. The van der Waals surface area contributed by atoms with Gasteiger partial charge in [-0.3, -0.25) is 5.41 Å². The second kappa shape index (κ2) is 6.25. The molecule has 1 heterocycles. The van der Waals surface area contributed by atoms with Gasteiger partial charge in [0.15, 0.2) is 0 Å². The molecule has 18 heavy (non-hydrogen) atoms. The van der Waals surface area contributed by atoms with Crippen molar-refractivity contribution < 1.29 is 0 Å². The van der Waals surface area contributed by atoms with Crippen LogP contribution in [0.5, 0.6) is 0 Å². The van der Waals surface area contributed by atoms with E-state index in [4.69, 9.17) is 11.1 Å². The number of benzene rings is 1. The van der Waals surface area contributed by atoms with Crippen molar-refractivity contribution in [3.05, 3.63) is 35.9 Å². The lowest BCUT2D eigenvalue weighted by atomic mass is 9.97. The number of hydrogen-bond acceptors (Lipinski definition) is 3. The Kier molecular flexibility index (Phi) is 4.66. The number of thioether (sulfide) groups is 1. The van der Waals surface area contributed by atoms with E-state index in [-0.39, 0.29) is 11.8 Å². The molecule has 0 aromatic heterocycles. The normalized spacial score (nSPS) is 21.1. The molecule has 0 bridgehead atoms. The molecule has 1 fully saturated rings. The summed E-state index contributed by atoms with van der Waals surface area (Å²) in [5, 5.41) is 7.80. The highest BCUT2D eigenvalue weighted by molar-refractivity contribution is 7.99. The van der Waals surface area contributed by atoms with E-state index < -0.39 is 0 Å². The lowest BCUT2D eigenvalue weighted by Gasteiger charge is -2.28. The Morgan fingerprint density at radius 1 is 1.50 bits per heavy atom. The van der Waals surface area contributed by atoms with Gasteiger partial charge in [0, 0.05) is 18.3 Å². The Bertz CT molecular complexity index is 387. The summed E-state index contributed by atoms with van der Waals surface area (Å²) >= 11 is 2.02. The van der Waals surface area contributed by atoms with Crippen molar-refractivity contribution in [3.8, 4) is 0 Å². The van der Waals surface area contributed by atoms with E-state index in [9.17, 15) is 0 Å². The van der Waals surface area contributed by atoms with Gasteiger partial charge in [-0.2, -0.15) is 11.8 Å². The summed E-state index contributed by atoms with van der Waals surface area (Å²) in [4.78, 5) is 2.36. The largest absolute Gasteiger partial charge is 0.387 e. The summed E-state index contributed by atoms with van der Waals surface area (Å²) < 4.78 is 0. The van der Waals surface area contributed by atoms with Gasteiger partial charge in [0.05, 0.1) is 11.8 Å². The zero-order valence-electron chi connectivity index (χ0n) is 10.8. The van der Waals surface area contributed by atoms with Crippen molar-refractivity contribution in [1.82, 2.24) is 4.90 Å². The fourth-order valence-corrected chi connectivity index (χ4v) is 3.67. The summed E-state index contributed by atoms with van der Waals surface area (Å²) in [6, 6.07) is 10.8. The third-order valence-electron chi connectivity index (χ3n) is 3.58. The first kappa shape index (κ1) is 13.4. The van der Waals surface area contributed by atoms with E-state index in [0.717, 1.165) is 12.1 Å². The average Bonchev–Trinajstić information content (AvgIpc) is 2.90. The van der Waals surface area contributed by atoms with E-state index in [1.807, 2.05) is 30.0 Å². The highest BCUT2D eigenvalue weighted by Gasteiger charge is 2.24. The standard InChI is InChI=1S/C14H21N3S/c1-17(12-7-8-18-10-12)9-13(14(15)16)11-5-3-2-4-6-11/h2-6,12-13H,7-10H2,1H3,(H3,15,16). The van der Waals surface area contributed by atoms with Crippen LogP contribution < -0.4 is 5.73 Å². The van der Waals surface area contributed by atoms with Crippen LogP contribution in [0.4, 0.5) is 0 Å². The van der Waals surface area contributed by atoms with Crippen molar-refractivity contribution in [2.45, 2.75) is 18.4 Å². The molecule has 0 saturated carbocycles. The Labute approximate surface area is 113 Å². The van der Waals surface area contributed by atoms with E-state index in [2.05, 4.69) is 24.1 Å². The first-order valence-corrected chi connectivity index (χ1v) is 7.51. The van der Waals surface area contributed by atoms with Crippen LogP contribution in [0.2, 0.25) is 0 Å². The molecule has 0 aliphatic carbocycles. The van der Waals surface area contributed by atoms with Crippen LogP contribution in [0, 0.1) is 5.41 Å². The molecular weight excluding hydrogens is 242 g/mol. The van der Waals surface area contributed by atoms with Gasteiger partial charge >= 0.3 is 0 Å². The molecule has 2 atom stereocenters. The molecule has 2 unspecified atom stereocenters. The minimum absolute atomic E-state index is 0.0156. The first-order chi connectivity index (χ1) is 8.68. The minimum atomic E-state index is 0.0156. The molecule has 98 valence electrons. The van der Waals surface area contributed by atoms with Crippen molar-refractivity contribution in [2.24, 2.45) is 5.73 Å². The quantitative estimate of drug-likeness (QED) is 0.632. The molecule has 1 saturated heterocycles. The van der Waals surface area contributed by atoms with Crippen LogP contribution in [0.25, 0.3) is 0 Å². The Balaban J connectivity index is 2.04. The van der Waals surface area contributed by atoms with Crippen LogP contribution >= 0.6 is 11.8 Å². The molecule has 2 rings (SSSR count). The van der Waals surface area contributed by atoms with Crippen LogP contribution in [0.1, 0.15) is 17.9 Å². The van der Waals surface area contributed by atoms with Crippen LogP contribution in [0.3, 0.4) is 0 Å². The number of rotatable bonds is 5. The fraction of sp³-hybridized carbons (Fsp3) is 0.500. The number of likely N-dealkylation sites (N-methyl/N-ethyl adjacent to an activating group) is 1. The molecule has 1 aliphatic heterocycles. The summed E-state index contributed by atoms with van der Waals surface area (Å²) in [5.74, 6) is 2.74. The molecule has 3 nitrogen and oxygen atoms in total. The molecule has 3 N–H and O–H groups in total. The molecule has 1 aromatic carbocycles. The smallest absolute Gasteiger partial charge is 0.0995 e. The maximum absolute atomic E-state index is 7.80. The maximum Gasteiger partial charge on any atom is 0.0995 e. The lowest BCUT2D eigenvalue weighted by Crippen LogP contribution is -2.38. The Morgan fingerprint density at radius 3 is 2.78 bits per heavy atom. The molecular formula is C14H21N3S. The molecule has 1 aromatic rings. The van der Waals surface area contributed by atoms with Gasteiger partial charge in [-0.15, -0.1) is 0 Å². The number of amidine groups is 1. The molecule has 1 aliphatic rings.